The van der Waals surface area contributed by atoms with Crippen molar-refractivity contribution >= 4 is 0 Å². The van der Waals surface area contributed by atoms with E-state index in [4.69, 9.17) is 4.74 Å². The molecule has 0 saturated heterocycles. The van der Waals surface area contributed by atoms with Gasteiger partial charge in [0.25, 0.3) is 0 Å². The van der Waals surface area contributed by atoms with Crippen molar-refractivity contribution < 1.29 is 4.74 Å². The highest BCUT2D eigenvalue weighted by atomic mass is 16.5. The van der Waals surface area contributed by atoms with Crippen LogP contribution in [0.5, 0.6) is 0 Å². The molecule has 0 N–H and O–H groups in total. The van der Waals surface area contributed by atoms with Crippen LogP contribution in [0, 0.1) is 0 Å². The van der Waals surface area contributed by atoms with Crippen LogP contribution in [0.25, 0.3) is 0 Å². The molecule has 1 aliphatic rings. The molecule has 0 atom stereocenters. The van der Waals surface area contributed by atoms with E-state index in [9.17, 15) is 0 Å². The van der Waals surface area contributed by atoms with Crippen molar-refractivity contribution in [2.24, 2.45) is 0 Å². The van der Waals surface area contributed by atoms with Crippen LogP contribution in [0.2, 0.25) is 0 Å². The zero-order chi connectivity index (χ0) is 6.53. The Morgan fingerprint density at radius 2 is 2.33 bits per heavy atom. The molecule has 0 aliphatic carbocycles. The van der Waals surface area contributed by atoms with Gasteiger partial charge < -0.3 is 4.74 Å². The summed E-state index contributed by atoms with van der Waals surface area (Å²) in [4.78, 5) is 0. The van der Waals surface area contributed by atoms with Crippen LogP contribution >= 0.6 is 0 Å². The third kappa shape index (κ3) is 2.36. The Morgan fingerprint density at radius 1 is 1.44 bits per heavy atom. The average Bonchev–Trinajstić information content (AvgIpc) is 1.79. The van der Waals surface area contributed by atoms with Crippen LogP contribution in [0.15, 0.2) is 24.7 Å². The van der Waals surface area contributed by atoms with Crippen LogP contribution in [0.1, 0.15) is 25.7 Å². The Balaban J connectivity index is 2.37. The van der Waals surface area contributed by atoms with E-state index in [0.717, 1.165) is 18.6 Å². The SMILES string of the molecule is C=C1CCCC/C=C\O1. The standard InChI is InChI=1S/C8H12O/c1-8-6-4-2-3-5-7-9-8/h5,7H,1-4,6H2/b7-5-. The summed E-state index contributed by atoms with van der Waals surface area (Å²) in [5, 5.41) is 0. The lowest BCUT2D eigenvalue weighted by Gasteiger charge is -2.06. The van der Waals surface area contributed by atoms with E-state index in [1.165, 1.54) is 12.8 Å². The maximum Gasteiger partial charge on any atom is 0.0960 e. The Bertz CT molecular complexity index is 125. The summed E-state index contributed by atoms with van der Waals surface area (Å²) in [7, 11) is 0. The van der Waals surface area contributed by atoms with E-state index in [1.807, 2.05) is 6.08 Å². The first kappa shape index (κ1) is 6.40. The molecule has 9 heavy (non-hydrogen) atoms. The average molecular weight is 124 g/mol. The fourth-order valence-electron chi connectivity index (χ4n) is 0.856. The third-order valence-electron chi connectivity index (χ3n) is 1.41. The van der Waals surface area contributed by atoms with Gasteiger partial charge in [-0.25, -0.2) is 0 Å². The molecule has 0 saturated carbocycles. The van der Waals surface area contributed by atoms with Crippen molar-refractivity contribution in [2.75, 3.05) is 0 Å². The second-order valence-electron chi connectivity index (χ2n) is 2.27. The topological polar surface area (TPSA) is 9.23 Å². The van der Waals surface area contributed by atoms with Gasteiger partial charge in [0.15, 0.2) is 0 Å². The van der Waals surface area contributed by atoms with Crippen LogP contribution in [0.4, 0.5) is 0 Å². The lowest BCUT2D eigenvalue weighted by molar-refractivity contribution is 0.324. The first-order valence-corrected chi connectivity index (χ1v) is 3.39. The van der Waals surface area contributed by atoms with Gasteiger partial charge in [0, 0.05) is 6.42 Å². The summed E-state index contributed by atoms with van der Waals surface area (Å²) in [5.41, 5.74) is 0. The van der Waals surface area contributed by atoms with Gasteiger partial charge in [-0.3, -0.25) is 0 Å². The highest BCUT2D eigenvalue weighted by Crippen LogP contribution is 2.12. The number of rotatable bonds is 0. The van der Waals surface area contributed by atoms with E-state index in [-0.39, 0.29) is 0 Å². The molecule has 0 radical (unpaired) electrons. The van der Waals surface area contributed by atoms with Crippen molar-refractivity contribution in [3.63, 3.8) is 0 Å². The number of ether oxygens (including phenoxy) is 1. The van der Waals surface area contributed by atoms with E-state index < -0.39 is 0 Å². The van der Waals surface area contributed by atoms with Crippen LogP contribution < -0.4 is 0 Å². The van der Waals surface area contributed by atoms with Crippen molar-refractivity contribution in [1.82, 2.24) is 0 Å². The van der Waals surface area contributed by atoms with E-state index >= 15 is 0 Å². The van der Waals surface area contributed by atoms with E-state index in [1.54, 1.807) is 6.26 Å². The molecule has 1 nitrogen and oxygen atoms in total. The lowest BCUT2D eigenvalue weighted by Crippen LogP contribution is -1.87. The summed E-state index contributed by atoms with van der Waals surface area (Å²) < 4.78 is 5.11. The molecular weight excluding hydrogens is 112 g/mol. The molecule has 1 heteroatoms. The Hall–Kier alpha value is -0.720. The molecule has 0 bridgehead atoms. The molecular formula is C8H12O. The minimum Gasteiger partial charge on any atom is -0.470 e. The van der Waals surface area contributed by atoms with Gasteiger partial charge in [0.05, 0.1) is 12.0 Å². The van der Waals surface area contributed by atoms with Gasteiger partial charge in [-0.2, -0.15) is 0 Å². The first-order chi connectivity index (χ1) is 4.39. The normalized spacial score (nSPS) is 23.8. The van der Waals surface area contributed by atoms with E-state index in [2.05, 4.69) is 6.58 Å². The minimum atomic E-state index is 0.894. The second-order valence-corrected chi connectivity index (χ2v) is 2.27. The Kier molecular flexibility index (Phi) is 2.37. The maximum atomic E-state index is 5.11. The quantitative estimate of drug-likeness (QED) is 0.482. The number of hydrogen-bond donors (Lipinski definition) is 0. The fraction of sp³-hybridized carbons (Fsp3) is 0.500. The monoisotopic (exact) mass is 124 g/mol. The molecule has 0 fully saturated rings. The molecule has 0 aromatic carbocycles. The molecule has 0 spiro atoms. The minimum absolute atomic E-state index is 0.894. The van der Waals surface area contributed by atoms with Gasteiger partial charge in [0.1, 0.15) is 0 Å². The largest absolute Gasteiger partial charge is 0.470 e. The Morgan fingerprint density at radius 3 is 3.22 bits per heavy atom. The molecule has 1 rings (SSSR count). The van der Waals surface area contributed by atoms with Crippen molar-refractivity contribution in [2.45, 2.75) is 25.7 Å². The lowest BCUT2D eigenvalue weighted by atomic mass is 10.1. The van der Waals surface area contributed by atoms with Crippen LogP contribution in [-0.2, 0) is 4.74 Å². The predicted octanol–water partition coefficient (Wildman–Crippen LogP) is 2.60. The van der Waals surface area contributed by atoms with Crippen molar-refractivity contribution in [1.29, 1.82) is 0 Å². The van der Waals surface area contributed by atoms with Crippen LogP contribution in [0.3, 0.4) is 0 Å². The molecule has 0 aromatic rings. The first-order valence-electron chi connectivity index (χ1n) is 3.39. The summed E-state index contributed by atoms with van der Waals surface area (Å²) in [6.07, 6.45) is 8.42. The predicted molar refractivity (Wildman–Crippen MR) is 37.8 cm³/mol. The fourth-order valence-corrected chi connectivity index (χ4v) is 0.856. The summed E-state index contributed by atoms with van der Waals surface area (Å²) in [6, 6.07) is 0. The molecule has 0 unspecified atom stereocenters. The smallest absolute Gasteiger partial charge is 0.0960 e. The van der Waals surface area contributed by atoms with Crippen molar-refractivity contribution in [3.05, 3.63) is 24.7 Å². The summed E-state index contributed by atoms with van der Waals surface area (Å²) in [6.45, 7) is 3.74. The molecule has 50 valence electrons. The zero-order valence-corrected chi connectivity index (χ0v) is 5.60. The number of hydrogen-bond acceptors (Lipinski definition) is 1. The number of allylic oxidation sites excluding steroid dienone is 2. The zero-order valence-electron chi connectivity index (χ0n) is 5.60. The van der Waals surface area contributed by atoms with Gasteiger partial charge in [-0.15, -0.1) is 0 Å². The third-order valence-corrected chi connectivity index (χ3v) is 1.41. The second kappa shape index (κ2) is 3.33. The van der Waals surface area contributed by atoms with Gasteiger partial charge in [-0.1, -0.05) is 6.58 Å². The maximum absolute atomic E-state index is 5.11. The van der Waals surface area contributed by atoms with E-state index in [0.29, 0.717) is 0 Å². The molecule has 1 heterocycles. The molecule has 0 aromatic heterocycles. The van der Waals surface area contributed by atoms with Gasteiger partial charge in [0.2, 0.25) is 0 Å². The molecule has 1 aliphatic heterocycles. The van der Waals surface area contributed by atoms with Crippen LogP contribution in [-0.4, -0.2) is 0 Å². The highest BCUT2D eigenvalue weighted by Gasteiger charge is 1.95. The van der Waals surface area contributed by atoms with Crippen molar-refractivity contribution in [3.8, 4) is 0 Å². The van der Waals surface area contributed by atoms with Gasteiger partial charge in [-0.05, 0) is 25.3 Å². The van der Waals surface area contributed by atoms with Gasteiger partial charge >= 0.3 is 0 Å². The summed E-state index contributed by atoms with van der Waals surface area (Å²) in [5.74, 6) is 0.894. The Labute approximate surface area is 56.0 Å². The molecule has 0 amide bonds. The summed E-state index contributed by atoms with van der Waals surface area (Å²) >= 11 is 0. The highest BCUT2D eigenvalue weighted by molar-refractivity contribution is 4.89.